The summed E-state index contributed by atoms with van der Waals surface area (Å²) in [6, 6.07) is 9.28. The van der Waals surface area contributed by atoms with Gasteiger partial charge in [0, 0.05) is 32.1 Å². The van der Waals surface area contributed by atoms with Crippen molar-refractivity contribution in [1.29, 1.82) is 5.26 Å². The fourth-order valence-electron chi connectivity index (χ4n) is 2.24. The van der Waals surface area contributed by atoms with Crippen molar-refractivity contribution >= 4 is 11.6 Å². The van der Waals surface area contributed by atoms with Gasteiger partial charge in [-0.15, -0.1) is 0 Å². The predicted molar refractivity (Wildman–Crippen MR) is 73.7 cm³/mol. The van der Waals surface area contributed by atoms with E-state index in [-0.39, 0.29) is 11.9 Å². The molecule has 0 aromatic heterocycles. The van der Waals surface area contributed by atoms with Crippen LogP contribution in [0.5, 0.6) is 0 Å². The molecular formula is C14H18N4O. The third-order valence-electron chi connectivity index (χ3n) is 3.21. The third kappa shape index (κ3) is 3.78. The first-order valence-electron chi connectivity index (χ1n) is 6.40. The second-order valence-electron chi connectivity index (χ2n) is 4.82. The molecule has 1 aromatic rings. The van der Waals surface area contributed by atoms with E-state index in [1.54, 1.807) is 18.2 Å². The molecule has 1 amide bonds. The number of piperazine rings is 1. The summed E-state index contributed by atoms with van der Waals surface area (Å²) in [5, 5.41) is 15.1. The summed E-state index contributed by atoms with van der Waals surface area (Å²) in [6.07, 6.45) is 0.421. The van der Waals surface area contributed by atoms with Crippen molar-refractivity contribution in [3.05, 3.63) is 29.8 Å². The molecule has 0 saturated carbocycles. The van der Waals surface area contributed by atoms with Gasteiger partial charge in [-0.2, -0.15) is 5.26 Å². The van der Waals surface area contributed by atoms with Crippen LogP contribution in [0.15, 0.2) is 24.3 Å². The Kier molecular flexibility index (Phi) is 4.50. The molecule has 5 nitrogen and oxygen atoms in total. The van der Waals surface area contributed by atoms with Gasteiger partial charge in [0.1, 0.15) is 6.07 Å². The molecule has 0 radical (unpaired) electrons. The lowest BCUT2D eigenvalue weighted by atomic mass is 10.1. The Hall–Kier alpha value is -1.90. The van der Waals surface area contributed by atoms with Crippen LogP contribution in [0.4, 0.5) is 5.69 Å². The van der Waals surface area contributed by atoms with E-state index in [1.807, 2.05) is 6.07 Å². The second-order valence-corrected chi connectivity index (χ2v) is 4.82. The van der Waals surface area contributed by atoms with E-state index in [0.717, 1.165) is 19.6 Å². The number of likely N-dealkylation sites (N-methyl/N-ethyl adjacent to an activating group) is 1. The largest absolute Gasteiger partial charge is 0.325 e. The van der Waals surface area contributed by atoms with E-state index in [0.29, 0.717) is 17.7 Å². The molecule has 2 N–H and O–H groups in total. The first kappa shape index (κ1) is 13.5. The first-order chi connectivity index (χ1) is 9.19. The highest BCUT2D eigenvalue weighted by atomic mass is 16.1. The minimum atomic E-state index is -0.0597. The topological polar surface area (TPSA) is 68.2 Å². The number of nitriles is 1. The molecule has 5 heteroatoms. The van der Waals surface area contributed by atoms with Gasteiger partial charge in [0.05, 0.1) is 11.3 Å². The number of benzene rings is 1. The zero-order valence-corrected chi connectivity index (χ0v) is 11.0. The Morgan fingerprint density at radius 3 is 3.11 bits per heavy atom. The molecule has 1 aromatic carbocycles. The van der Waals surface area contributed by atoms with Crippen LogP contribution < -0.4 is 10.6 Å². The number of carbonyl (C=O) groups is 1. The second kappa shape index (κ2) is 6.32. The highest BCUT2D eigenvalue weighted by Crippen LogP contribution is 2.14. The highest BCUT2D eigenvalue weighted by molar-refractivity contribution is 5.92. The van der Waals surface area contributed by atoms with Crippen molar-refractivity contribution in [3.63, 3.8) is 0 Å². The summed E-state index contributed by atoms with van der Waals surface area (Å²) < 4.78 is 0. The summed E-state index contributed by atoms with van der Waals surface area (Å²) in [4.78, 5) is 14.2. The van der Waals surface area contributed by atoms with Gasteiger partial charge in [-0.3, -0.25) is 4.79 Å². The van der Waals surface area contributed by atoms with E-state index in [4.69, 9.17) is 5.26 Å². The number of amides is 1. The maximum atomic E-state index is 12.0. The smallest absolute Gasteiger partial charge is 0.226 e. The van der Waals surface area contributed by atoms with Gasteiger partial charge in [0.2, 0.25) is 5.91 Å². The minimum absolute atomic E-state index is 0.0597. The van der Waals surface area contributed by atoms with E-state index >= 15 is 0 Å². The zero-order valence-electron chi connectivity index (χ0n) is 11.0. The number of para-hydroxylation sites is 1. The first-order valence-corrected chi connectivity index (χ1v) is 6.40. The molecule has 0 aliphatic carbocycles. The summed E-state index contributed by atoms with van der Waals surface area (Å²) in [5.41, 5.74) is 1.07. The Balaban J connectivity index is 1.92. The molecule has 2 rings (SSSR count). The molecule has 19 heavy (non-hydrogen) atoms. The molecule has 1 aliphatic heterocycles. The van der Waals surface area contributed by atoms with Gasteiger partial charge >= 0.3 is 0 Å². The molecule has 1 saturated heterocycles. The third-order valence-corrected chi connectivity index (χ3v) is 3.21. The fraction of sp³-hybridized carbons (Fsp3) is 0.429. The standard InChI is InChI=1S/C14H18N4O/c1-18-7-6-16-12(10-18)8-14(19)17-13-5-3-2-4-11(13)9-15/h2-5,12,16H,6-8,10H2,1H3,(H,17,19). The lowest BCUT2D eigenvalue weighted by Gasteiger charge is -2.30. The average Bonchev–Trinajstić information content (AvgIpc) is 2.39. The van der Waals surface area contributed by atoms with Crippen LogP contribution in [0.3, 0.4) is 0 Å². The van der Waals surface area contributed by atoms with Crippen LogP contribution in [0.1, 0.15) is 12.0 Å². The van der Waals surface area contributed by atoms with Gasteiger partial charge in [-0.1, -0.05) is 12.1 Å². The molecular weight excluding hydrogens is 240 g/mol. The summed E-state index contributed by atoms with van der Waals surface area (Å²) in [7, 11) is 2.05. The quantitative estimate of drug-likeness (QED) is 0.841. The molecule has 1 atom stereocenters. The van der Waals surface area contributed by atoms with E-state index in [2.05, 4.69) is 28.7 Å². The van der Waals surface area contributed by atoms with Crippen molar-refractivity contribution in [2.24, 2.45) is 0 Å². The van der Waals surface area contributed by atoms with Crippen LogP contribution in [0, 0.1) is 11.3 Å². The van der Waals surface area contributed by atoms with Crippen molar-refractivity contribution < 1.29 is 4.79 Å². The summed E-state index contributed by atoms with van der Waals surface area (Å²) in [6.45, 7) is 2.78. The van der Waals surface area contributed by atoms with Gasteiger partial charge < -0.3 is 15.5 Å². The fourth-order valence-corrected chi connectivity index (χ4v) is 2.24. The molecule has 1 fully saturated rings. The molecule has 1 heterocycles. The maximum absolute atomic E-state index is 12.0. The summed E-state index contributed by atoms with van der Waals surface area (Å²) >= 11 is 0. The monoisotopic (exact) mass is 258 g/mol. The Bertz CT molecular complexity index is 494. The van der Waals surface area contributed by atoms with Crippen LogP contribution in [-0.2, 0) is 4.79 Å². The van der Waals surface area contributed by atoms with Crippen LogP contribution >= 0.6 is 0 Å². The van der Waals surface area contributed by atoms with E-state index in [9.17, 15) is 4.79 Å². The Labute approximate surface area is 113 Å². The van der Waals surface area contributed by atoms with Gasteiger partial charge in [0.25, 0.3) is 0 Å². The minimum Gasteiger partial charge on any atom is -0.325 e. The number of nitrogens with zero attached hydrogens (tertiary/aromatic N) is 2. The summed E-state index contributed by atoms with van der Waals surface area (Å²) in [5.74, 6) is -0.0597. The SMILES string of the molecule is CN1CCNC(CC(=O)Nc2ccccc2C#N)C1. The van der Waals surface area contributed by atoms with Gasteiger partial charge in [-0.25, -0.2) is 0 Å². The van der Waals surface area contributed by atoms with Gasteiger partial charge in [0.15, 0.2) is 0 Å². The van der Waals surface area contributed by atoms with Crippen molar-refractivity contribution in [1.82, 2.24) is 10.2 Å². The van der Waals surface area contributed by atoms with E-state index < -0.39 is 0 Å². The van der Waals surface area contributed by atoms with Crippen LogP contribution in [0.25, 0.3) is 0 Å². The molecule has 1 unspecified atom stereocenters. The van der Waals surface area contributed by atoms with Crippen LogP contribution in [0.2, 0.25) is 0 Å². The highest BCUT2D eigenvalue weighted by Gasteiger charge is 2.19. The molecule has 1 aliphatic rings. The van der Waals surface area contributed by atoms with Crippen molar-refractivity contribution in [3.8, 4) is 6.07 Å². The van der Waals surface area contributed by atoms with Crippen LogP contribution in [-0.4, -0.2) is 43.5 Å². The lowest BCUT2D eigenvalue weighted by Crippen LogP contribution is -2.50. The normalized spacial score (nSPS) is 19.7. The number of hydrogen-bond donors (Lipinski definition) is 2. The molecule has 0 bridgehead atoms. The average molecular weight is 258 g/mol. The number of nitrogens with one attached hydrogen (secondary N) is 2. The van der Waals surface area contributed by atoms with Crippen molar-refractivity contribution in [2.45, 2.75) is 12.5 Å². The number of carbonyl (C=O) groups excluding carboxylic acids is 1. The number of rotatable bonds is 3. The zero-order chi connectivity index (χ0) is 13.7. The van der Waals surface area contributed by atoms with E-state index in [1.165, 1.54) is 0 Å². The Morgan fingerprint density at radius 2 is 2.37 bits per heavy atom. The number of hydrogen-bond acceptors (Lipinski definition) is 4. The number of anilines is 1. The predicted octanol–water partition coefficient (Wildman–Crippen LogP) is 0.790. The van der Waals surface area contributed by atoms with Crippen molar-refractivity contribution in [2.75, 3.05) is 32.0 Å². The molecule has 0 spiro atoms. The van der Waals surface area contributed by atoms with Gasteiger partial charge in [-0.05, 0) is 19.2 Å². The maximum Gasteiger partial charge on any atom is 0.226 e. The molecule has 100 valence electrons. The lowest BCUT2D eigenvalue weighted by molar-refractivity contribution is -0.116. The Morgan fingerprint density at radius 1 is 1.58 bits per heavy atom.